The molecular formula is C18H28FN3O4S. The zero-order valence-electron chi connectivity index (χ0n) is 16.2. The summed E-state index contributed by atoms with van der Waals surface area (Å²) in [4.78, 5) is 26.4. The first-order valence-corrected chi connectivity index (χ1v) is 10.6. The Kier molecular flexibility index (Phi) is 8.84. The highest BCUT2D eigenvalue weighted by atomic mass is 32.2. The Morgan fingerprint density at radius 2 is 1.81 bits per heavy atom. The SMILES string of the molecule is CCCCNC(=O)C(C)N(Cc1ccc(F)cc1)C(=O)CN(C)S(C)(=O)=O. The van der Waals surface area contributed by atoms with Crippen molar-refractivity contribution in [1.82, 2.24) is 14.5 Å². The number of amides is 2. The van der Waals surface area contributed by atoms with E-state index in [1.807, 2.05) is 6.92 Å². The zero-order chi connectivity index (χ0) is 20.6. The van der Waals surface area contributed by atoms with Crippen LogP contribution in [0.5, 0.6) is 0 Å². The number of carbonyl (C=O) groups excluding carboxylic acids is 2. The third-order valence-electron chi connectivity index (χ3n) is 4.19. The van der Waals surface area contributed by atoms with E-state index in [1.54, 1.807) is 6.92 Å². The molecule has 0 radical (unpaired) electrons. The summed E-state index contributed by atoms with van der Waals surface area (Å²) in [5.74, 6) is -1.23. The van der Waals surface area contributed by atoms with Crippen LogP contribution in [0, 0.1) is 5.82 Å². The summed E-state index contributed by atoms with van der Waals surface area (Å²) in [5, 5.41) is 2.77. The number of sulfonamides is 1. The minimum absolute atomic E-state index is 0.0685. The minimum atomic E-state index is -3.54. The van der Waals surface area contributed by atoms with Crippen LogP contribution in [-0.4, -0.2) is 61.9 Å². The van der Waals surface area contributed by atoms with Crippen molar-refractivity contribution in [2.75, 3.05) is 26.4 Å². The summed E-state index contributed by atoms with van der Waals surface area (Å²) in [7, 11) is -2.24. The number of likely N-dealkylation sites (N-methyl/N-ethyl adjacent to an activating group) is 1. The third kappa shape index (κ3) is 7.64. The van der Waals surface area contributed by atoms with Crippen LogP contribution in [0.25, 0.3) is 0 Å². The molecule has 27 heavy (non-hydrogen) atoms. The standard InChI is InChI=1S/C18H28FN3O4S/c1-5-6-11-20-18(24)14(2)22(12-15-7-9-16(19)10-8-15)17(23)13-21(3)27(4,25)26/h7-10,14H,5-6,11-13H2,1-4H3,(H,20,24). The largest absolute Gasteiger partial charge is 0.354 e. The normalized spacial score (nSPS) is 12.7. The Balaban J connectivity index is 2.98. The molecule has 0 aliphatic heterocycles. The van der Waals surface area contributed by atoms with E-state index in [2.05, 4.69) is 5.32 Å². The number of halogens is 1. The lowest BCUT2D eigenvalue weighted by Gasteiger charge is -2.30. The second-order valence-corrected chi connectivity index (χ2v) is 8.58. The van der Waals surface area contributed by atoms with Crippen LogP contribution < -0.4 is 5.32 Å². The van der Waals surface area contributed by atoms with E-state index in [-0.39, 0.29) is 19.0 Å². The van der Waals surface area contributed by atoms with Crippen LogP contribution in [0.4, 0.5) is 4.39 Å². The van der Waals surface area contributed by atoms with E-state index in [9.17, 15) is 22.4 Å². The molecule has 0 spiro atoms. The smallest absolute Gasteiger partial charge is 0.242 e. The van der Waals surface area contributed by atoms with Gasteiger partial charge in [0.2, 0.25) is 21.8 Å². The number of carbonyl (C=O) groups is 2. The van der Waals surface area contributed by atoms with Gasteiger partial charge in [-0.2, -0.15) is 4.31 Å². The highest BCUT2D eigenvalue weighted by Crippen LogP contribution is 2.12. The van der Waals surface area contributed by atoms with E-state index in [0.29, 0.717) is 12.1 Å². The van der Waals surface area contributed by atoms with Gasteiger partial charge < -0.3 is 10.2 Å². The predicted molar refractivity (Wildman–Crippen MR) is 102 cm³/mol. The van der Waals surface area contributed by atoms with E-state index < -0.39 is 27.8 Å². The quantitative estimate of drug-likeness (QED) is 0.600. The van der Waals surface area contributed by atoms with Gasteiger partial charge in [0.1, 0.15) is 11.9 Å². The molecular weight excluding hydrogens is 373 g/mol. The van der Waals surface area contributed by atoms with Gasteiger partial charge in [-0.05, 0) is 31.0 Å². The second kappa shape index (κ2) is 10.4. The van der Waals surface area contributed by atoms with Crippen molar-refractivity contribution in [3.8, 4) is 0 Å². The minimum Gasteiger partial charge on any atom is -0.354 e. The molecule has 0 fully saturated rings. The van der Waals surface area contributed by atoms with Crippen molar-refractivity contribution in [1.29, 1.82) is 0 Å². The topological polar surface area (TPSA) is 86.8 Å². The first kappa shape index (κ1) is 23.0. The van der Waals surface area contributed by atoms with Gasteiger partial charge in [0.25, 0.3) is 0 Å². The third-order valence-corrected chi connectivity index (χ3v) is 5.45. The average molecular weight is 402 g/mol. The van der Waals surface area contributed by atoms with Gasteiger partial charge in [-0.15, -0.1) is 0 Å². The molecule has 0 saturated heterocycles. The zero-order valence-corrected chi connectivity index (χ0v) is 17.1. The van der Waals surface area contributed by atoms with Gasteiger partial charge in [0.15, 0.2) is 0 Å². The number of hydrogen-bond acceptors (Lipinski definition) is 4. The number of unbranched alkanes of at least 4 members (excludes halogenated alkanes) is 1. The van der Waals surface area contributed by atoms with Crippen molar-refractivity contribution in [3.05, 3.63) is 35.6 Å². The van der Waals surface area contributed by atoms with Gasteiger partial charge in [-0.25, -0.2) is 12.8 Å². The molecule has 1 N–H and O–H groups in total. The van der Waals surface area contributed by atoms with E-state index in [1.165, 1.54) is 36.2 Å². The van der Waals surface area contributed by atoms with Crippen LogP contribution in [0.3, 0.4) is 0 Å². The highest BCUT2D eigenvalue weighted by Gasteiger charge is 2.28. The summed E-state index contributed by atoms with van der Waals surface area (Å²) in [5.41, 5.74) is 0.639. The Morgan fingerprint density at radius 1 is 1.22 bits per heavy atom. The van der Waals surface area contributed by atoms with E-state index in [4.69, 9.17) is 0 Å². The first-order chi connectivity index (χ1) is 12.6. The Morgan fingerprint density at radius 3 is 2.33 bits per heavy atom. The number of nitrogens with zero attached hydrogens (tertiary/aromatic N) is 2. The molecule has 1 aromatic carbocycles. The molecule has 1 atom stereocenters. The lowest BCUT2D eigenvalue weighted by molar-refractivity contribution is -0.140. The number of nitrogens with one attached hydrogen (secondary N) is 1. The lowest BCUT2D eigenvalue weighted by Crippen LogP contribution is -2.50. The van der Waals surface area contributed by atoms with Gasteiger partial charge in [-0.1, -0.05) is 25.5 Å². The molecule has 0 bridgehead atoms. The van der Waals surface area contributed by atoms with Crippen LogP contribution in [0.1, 0.15) is 32.3 Å². The summed E-state index contributed by atoms with van der Waals surface area (Å²) in [6.07, 6.45) is 2.75. The maximum atomic E-state index is 13.1. The summed E-state index contributed by atoms with van der Waals surface area (Å²) < 4.78 is 37.2. The fraction of sp³-hybridized carbons (Fsp3) is 0.556. The second-order valence-electron chi connectivity index (χ2n) is 6.49. The predicted octanol–water partition coefficient (Wildman–Crippen LogP) is 1.35. The highest BCUT2D eigenvalue weighted by molar-refractivity contribution is 7.88. The number of benzene rings is 1. The van der Waals surface area contributed by atoms with Crippen molar-refractivity contribution in [3.63, 3.8) is 0 Å². The molecule has 0 aromatic heterocycles. The lowest BCUT2D eigenvalue weighted by atomic mass is 10.1. The molecule has 0 aliphatic carbocycles. The van der Waals surface area contributed by atoms with Gasteiger partial charge in [0, 0.05) is 20.1 Å². The Labute approximate surface area is 160 Å². The van der Waals surface area contributed by atoms with Gasteiger partial charge >= 0.3 is 0 Å². The maximum absolute atomic E-state index is 13.1. The molecule has 7 nitrogen and oxygen atoms in total. The average Bonchev–Trinajstić information content (AvgIpc) is 2.59. The summed E-state index contributed by atoms with van der Waals surface area (Å²) in [6.45, 7) is 3.78. The summed E-state index contributed by atoms with van der Waals surface area (Å²) in [6, 6.07) is 4.79. The van der Waals surface area contributed by atoms with Crippen molar-refractivity contribution in [2.45, 2.75) is 39.3 Å². The molecule has 0 saturated carbocycles. The molecule has 1 rings (SSSR count). The van der Waals surface area contributed by atoms with Crippen LogP contribution >= 0.6 is 0 Å². The monoisotopic (exact) mass is 401 g/mol. The molecule has 0 aliphatic rings. The summed E-state index contributed by atoms with van der Waals surface area (Å²) >= 11 is 0. The maximum Gasteiger partial charge on any atom is 0.242 e. The fourth-order valence-corrected chi connectivity index (χ4v) is 2.65. The van der Waals surface area contributed by atoms with Crippen molar-refractivity contribution in [2.24, 2.45) is 0 Å². The number of rotatable bonds is 10. The molecule has 9 heteroatoms. The molecule has 152 valence electrons. The molecule has 0 heterocycles. The van der Waals surface area contributed by atoms with Crippen LogP contribution in [-0.2, 0) is 26.2 Å². The van der Waals surface area contributed by atoms with Crippen molar-refractivity contribution >= 4 is 21.8 Å². The molecule has 1 aromatic rings. The van der Waals surface area contributed by atoms with Crippen molar-refractivity contribution < 1.29 is 22.4 Å². The molecule has 1 unspecified atom stereocenters. The van der Waals surface area contributed by atoms with E-state index in [0.717, 1.165) is 23.4 Å². The van der Waals surface area contributed by atoms with Gasteiger partial charge in [0.05, 0.1) is 12.8 Å². The van der Waals surface area contributed by atoms with Crippen LogP contribution in [0.2, 0.25) is 0 Å². The van der Waals surface area contributed by atoms with Gasteiger partial charge in [-0.3, -0.25) is 9.59 Å². The Hall–Kier alpha value is -2.00. The van der Waals surface area contributed by atoms with Crippen LogP contribution in [0.15, 0.2) is 24.3 Å². The molecule has 2 amide bonds. The van der Waals surface area contributed by atoms with E-state index >= 15 is 0 Å². The first-order valence-electron chi connectivity index (χ1n) is 8.79. The fourth-order valence-electron chi connectivity index (χ4n) is 2.30. The Bertz CT molecular complexity index is 737. The number of hydrogen-bond donors (Lipinski definition) is 1.